The molecule has 1 fully saturated rings. The monoisotopic (exact) mass is 438 g/mol. The van der Waals surface area contributed by atoms with Gasteiger partial charge >= 0.3 is 0 Å². The fourth-order valence-corrected chi connectivity index (χ4v) is 5.03. The molecule has 1 aromatic heterocycles. The zero-order chi connectivity index (χ0) is 21.2. The molecule has 0 saturated carbocycles. The summed E-state index contributed by atoms with van der Waals surface area (Å²) in [5.74, 6) is 1.40. The largest absolute Gasteiger partial charge is 0.486 e. The van der Waals surface area contributed by atoms with Crippen molar-refractivity contribution in [2.45, 2.75) is 19.5 Å². The smallest absolute Gasteiger partial charge is 0.241 e. The Balaban J connectivity index is 1.14. The number of ether oxygens (including phenoxy) is 2. The van der Waals surface area contributed by atoms with Crippen LogP contribution in [0.4, 0.5) is 5.69 Å². The number of aromatic nitrogens is 1. The second kappa shape index (κ2) is 8.82. The van der Waals surface area contributed by atoms with E-state index in [4.69, 9.17) is 14.5 Å². The SMILES string of the molecule is C[C@@H](C(=O)Nc1ccc2c(c1)OCCO2)N1CCN(Cc2nc3ccccc3s2)CC1. The molecule has 0 aliphatic carbocycles. The Bertz CT molecular complexity index is 1040. The van der Waals surface area contributed by atoms with Crippen LogP contribution in [0.25, 0.3) is 10.2 Å². The molecule has 1 N–H and O–H groups in total. The van der Waals surface area contributed by atoms with E-state index in [9.17, 15) is 4.79 Å². The molecule has 5 rings (SSSR count). The molecular formula is C23H26N4O3S. The van der Waals surface area contributed by atoms with Crippen LogP contribution >= 0.6 is 11.3 Å². The van der Waals surface area contributed by atoms with Gasteiger partial charge in [-0.25, -0.2) is 4.98 Å². The van der Waals surface area contributed by atoms with Crippen LogP contribution < -0.4 is 14.8 Å². The Hall–Kier alpha value is -2.68. The standard InChI is InChI=1S/C23H26N4O3S/c1-16(23(28)24-17-6-7-19-20(14-17)30-13-12-29-19)27-10-8-26(9-11-27)15-22-25-18-4-2-3-5-21(18)31-22/h2-7,14,16H,8-13,15H2,1H3,(H,24,28)/t16-/m0/s1. The lowest BCUT2D eigenvalue weighted by Crippen LogP contribution is -2.52. The first-order valence-electron chi connectivity index (χ1n) is 10.7. The van der Waals surface area contributed by atoms with Crippen molar-refractivity contribution in [3.63, 3.8) is 0 Å². The van der Waals surface area contributed by atoms with Crippen LogP contribution in [-0.4, -0.2) is 66.1 Å². The van der Waals surface area contributed by atoms with Gasteiger partial charge in [0, 0.05) is 37.9 Å². The van der Waals surface area contributed by atoms with E-state index in [0.717, 1.165) is 54.7 Å². The van der Waals surface area contributed by atoms with Crippen molar-refractivity contribution in [2.75, 3.05) is 44.7 Å². The second-order valence-corrected chi connectivity index (χ2v) is 9.03. The summed E-state index contributed by atoms with van der Waals surface area (Å²) >= 11 is 1.76. The van der Waals surface area contributed by atoms with Crippen molar-refractivity contribution >= 4 is 33.1 Å². The number of fused-ring (bicyclic) bond motifs is 2. The summed E-state index contributed by atoms with van der Waals surface area (Å²) in [7, 11) is 0. The van der Waals surface area contributed by atoms with E-state index < -0.39 is 0 Å². The van der Waals surface area contributed by atoms with Gasteiger partial charge in [-0.3, -0.25) is 14.6 Å². The van der Waals surface area contributed by atoms with Crippen molar-refractivity contribution in [1.82, 2.24) is 14.8 Å². The third-order valence-corrected chi connectivity index (χ3v) is 6.86. The summed E-state index contributed by atoms with van der Waals surface area (Å²) in [6.07, 6.45) is 0. The van der Waals surface area contributed by atoms with Crippen LogP contribution in [0.15, 0.2) is 42.5 Å². The van der Waals surface area contributed by atoms with Crippen molar-refractivity contribution in [1.29, 1.82) is 0 Å². The third-order valence-electron chi connectivity index (χ3n) is 5.84. The van der Waals surface area contributed by atoms with Crippen LogP contribution in [0, 0.1) is 0 Å². The number of hydrogen-bond donors (Lipinski definition) is 1. The Morgan fingerprint density at radius 2 is 1.87 bits per heavy atom. The van der Waals surface area contributed by atoms with E-state index in [-0.39, 0.29) is 11.9 Å². The number of nitrogens with zero attached hydrogens (tertiary/aromatic N) is 3. The predicted molar refractivity (Wildman–Crippen MR) is 122 cm³/mol. The molecule has 2 aliphatic rings. The number of anilines is 1. The van der Waals surface area contributed by atoms with Gasteiger partial charge in [-0.05, 0) is 31.2 Å². The molecule has 7 nitrogen and oxygen atoms in total. The number of para-hydroxylation sites is 1. The van der Waals surface area contributed by atoms with E-state index >= 15 is 0 Å². The summed E-state index contributed by atoms with van der Waals surface area (Å²) in [4.78, 5) is 22.2. The highest BCUT2D eigenvalue weighted by Gasteiger charge is 2.26. The average molecular weight is 439 g/mol. The summed E-state index contributed by atoms with van der Waals surface area (Å²) < 4.78 is 12.4. The van der Waals surface area contributed by atoms with E-state index in [1.165, 1.54) is 4.70 Å². The Labute approximate surface area is 185 Å². The van der Waals surface area contributed by atoms with Crippen LogP contribution in [0.5, 0.6) is 11.5 Å². The van der Waals surface area contributed by atoms with Gasteiger partial charge in [0.25, 0.3) is 0 Å². The molecule has 0 unspecified atom stereocenters. The number of benzene rings is 2. The van der Waals surface area contributed by atoms with Crippen molar-refractivity contribution in [3.05, 3.63) is 47.5 Å². The lowest BCUT2D eigenvalue weighted by molar-refractivity contribution is -0.121. The Kier molecular flexibility index (Phi) is 5.76. The minimum absolute atomic E-state index is 0.00343. The van der Waals surface area contributed by atoms with Gasteiger partial charge in [0.05, 0.1) is 22.8 Å². The topological polar surface area (TPSA) is 66.9 Å². The van der Waals surface area contributed by atoms with Gasteiger partial charge in [0.1, 0.15) is 18.2 Å². The molecule has 0 bridgehead atoms. The van der Waals surface area contributed by atoms with E-state index in [0.29, 0.717) is 19.0 Å². The van der Waals surface area contributed by atoms with Crippen molar-refractivity contribution in [2.24, 2.45) is 0 Å². The van der Waals surface area contributed by atoms with Crippen LogP contribution in [0.3, 0.4) is 0 Å². The highest BCUT2D eigenvalue weighted by atomic mass is 32.1. The summed E-state index contributed by atoms with van der Waals surface area (Å²) in [6, 6.07) is 13.6. The quantitative estimate of drug-likeness (QED) is 0.660. The molecule has 1 atom stereocenters. The van der Waals surface area contributed by atoms with Crippen LogP contribution in [-0.2, 0) is 11.3 Å². The molecule has 0 spiro atoms. The molecule has 1 amide bonds. The number of amides is 1. The minimum atomic E-state index is -0.196. The summed E-state index contributed by atoms with van der Waals surface area (Å²) in [5.41, 5.74) is 1.81. The number of carbonyl (C=O) groups is 1. The maximum atomic E-state index is 12.8. The fourth-order valence-electron chi connectivity index (χ4n) is 4.02. The van der Waals surface area contributed by atoms with Crippen LogP contribution in [0.2, 0.25) is 0 Å². The van der Waals surface area contributed by atoms with E-state index in [2.05, 4.69) is 33.3 Å². The molecule has 2 aromatic carbocycles. The van der Waals surface area contributed by atoms with Gasteiger partial charge in [0.2, 0.25) is 5.91 Å². The van der Waals surface area contributed by atoms with Gasteiger partial charge in [-0.1, -0.05) is 12.1 Å². The average Bonchev–Trinajstić information content (AvgIpc) is 3.21. The number of hydrogen-bond acceptors (Lipinski definition) is 7. The molecule has 3 aromatic rings. The zero-order valence-electron chi connectivity index (χ0n) is 17.5. The van der Waals surface area contributed by atoms with Crippen molar-refractivity contribution < 1.29 is 14.3 Å². The first-order valence-corrected chi connectivity index (χ1v) is 11.5. The molecule has 31 heavy (non-hydrogen) atoms. The Morgan fingerprint density at radius 3 is 2.68 bits per heavy atom. The summed E-state index contributed by atoms with van der Waals surface area (Å²) in [5, 5.41) is 4.17. The summed E-state index contributed by atoms with van der Waals surface area (Å²) in [6.45, 7) is 7.50. The molecule has 3 heterocycles. The number of nitrogens with one attached hydrogen (secondary N) is 1. The van der Waals surface area contributed by atoms with E-state index in [1.54, 1.807) is 11.3 Å². The molecule has 8 heteroatoms. The van der Waals surface area contributed by atoms with Gasteiger partial charge in [0.15, 0.2) is 11.5 Å². The fraction of sp³-hybridized carbons (Fsp3) is 0.391. The molecule has 0 radical (unpaired) electrons. The van der Waals surface area contributed by atoms with Gasteiger partial charge in [-0.2, -0.15) is 0 Å². The van der Waals surface area contributed by atoms with Crippen molar-refractivity contribution in [3.8, 4) is 11.5 Å². The highest BCUT2D eigenvalue weighted by Crippen LogP contribution is 2.32. The maximum absolute atomic E-state index is 12.8. The first kappa shape index (κ1) is 20.2. The molecule has 162 valence electrons. The zero-order valence-corrected chi connectivity index (χ0v) is 18.4. The lowest BCUT2D eigenvalue weighted by Gasteiger charge is -2.37. The van der Waals surface area contributed by atoms with Crippen LogP contribution in [0.1, 0.15) is 11.9 Å². The minimum Gasteiger partial charge on any atom is -0.486 e. The predicted octanol–water partition coefficient (Wildman–Crippen LogP) is 3.21. The number of carbonyl (C=O) groups excluding carboxylic acids is 1. The normalized spacial score (nSPS) is 18.1. The molecular weight excluding hydrogens is 412 g/mol. The first-order chi connectivity index (χ1) is 15.2. The molecule has 2 aliphatic heterocycles. The molecule has 1 saturated heterocycles. The van der Waals surface area contributed by atoms with E-state index in [1.807, 2.05) is 31.2 Å². The second-order valence-electron chi connectivity index (χ2n) is 7.91. The number of piperazine rings is 1. The maximum Gasteiger partial charge on any atom is 0.241 e. The Morgan fingerprint density at radius 1 is 1.10 bits per heavy atom. The lowest BCUT2D eigenvalue weighted by atomic mass is 10.2. The van der Waals surface area contributed by atoms with Gasteiger partial charge in [-0.15, -0.1) is 11.3 Å². The van der Waals surface area contributed by atoms with Gasteiger partial charge < -0.3 is 14.8 Å². The number of thiazole rings is 1. The highest BCUT2D eigenvalue weighted by molar-refractivity contribution is 7.18. The number of rotatable bonds is 5. The third kappa shape index (κ3) is 4.51.